The van der Waals surface area contributed by atoms with Gasteiger partial charge in [0, 0.05) is 6.04 Å². The van der Waals surface area contributed by atoms with Crippen molar-refractivity contribution in [1.82, 2.24) is 26.6 Å². The lowest BCUT2D eigenvalue weighted by atomic mass is 10.1. The Balaban J connectivity index is 0.000000483. The van der Waals surface area contributed by atoms with Gasteiger partial charge in [0.25, 0.3) is 11.8 Å². The van der Waals surface area contributed by atoms with Crippen molar-refractivity contribution in [2.75, 3.05) is 13.1 Å². The van der Waals surface area contributed by atoms with Crippen molar-refractivity contribution in [3.8, 4) is 0 Å². The first-order chi connectivity index (χ1) is 32.9. The molecule has 18 nitrogen and oxygen atoms in total. The smallest absolute Gasteiger partial charge is 0.407 e. The number of rotatable bonds is 23. The highest BCUT2D eigenvalue weighted by atomic mass is 35.5. The first-order valence-electron chi connectivity index (χ1n) is 22.7. The molecule has 0 bridgehead atoms. The Hall–Kier alpha value is -6.86. The Morgan fingerprint density at radius 2 is 0.929 bits per heavy atom. The molecule has 0 aromatic heterocycles. The van der Waals surface area contributed by atoms with Crippen molar-refractivity contribution in [1.29, 1.82) is 0 Å². The largest absolute Gasteiger partial charge is 0.459 e. The average Bonchev–Trinajstić information content (AvgIpc) is 3.34. The minimum Gasteiger partial charge on any atom is -0.459 e. The molecule has 9 N–H and O–H groups in total. The maximum absolute atomic E-state index is 12.8. The summed E-state index contributed by atoms with van der Waals surface area (Å²) in [4.78, 5) is 87.2. The maximum atomic E-state index is 12.8. The molecule has 4 aromatic rings. The highest BCUT2D eigenvalue weighted by Crippen LogP contribution is 2.18. The number of carbonyl (C=O) groups excluding carboxylic acids is 7. The second-order valence-electron chi connectivity index (χ2n) is 16.8. The number of aliphatic hydroxyl groups is 2. The number of nitrogens with one attached hydrogen (secondary N) is 5. The fourth-order valence-electron chi connectivity index (χ4n) is 6.39. The van der Waals surface area contributed by atoms with Crippen LogP contribution in [0.25, 0.3) is 0 Å². The summed E-state index contributed by atoms with van der Waals surface area (Å²) in [7, 11) is 0. The van der Waals surface area contributed by atoms with Gasteiger partial charge in [-0.2, -0.15) is 0 Å². The molecule has 0 heterocycles. The minimum atomic E-state index is -1.61. The van der Waals surface area contributed by atoms with Crippen LogP contribution in [0.3, 0.4) is 0 Å². The number of ether oxygens (including phenoxy) is 3. The van der Waals surface area contributed by atoms with Crippen LogP contribution in [0.15, 0.2) is 121 Å². The lowest BCUT2D eigenvalue weighted by Crippen LogP contribution is -2.52. The van der Waals surface area contributed by atoms with Gasteiger partial charge in [0.1, 0.15) is 24.9 Å². The second-order valence-corrected chi connectivity index (χ2v) is 16.8. The van der Waals surface area contributed by atoms with Gasteiger partial charge in [-0.15, -0.1) is 12.4 Å². The van der Waals surface area contributed by atoms with Gasteiger partial charge in [0.15, 0.2) is 18.2 Å². The Kier molecular flexibility index (Phi) is 26.5. The van der Waals surface area contributed by atoms with Crippen LogP contribution in [0.1, 0.15) is 94.6 Å². The van der Waals surface area contributed by atoms with Crippen LogP contribution >= 0.6 is 12.4 Å². The summed E-state index contributed by atoms with van der Waals surface area (Å²) in [6.07, 6.45) is -1.71. The number of carbonyl (C=O) groups is 7. The number of esters is 2. The monoisotopic (exact) mass is 990 g/mol. The van der Waals surface area contributed by atoms with Gasteiger partial charge in [0.2, 0.25) is 11.8 Å². The van der Waals surface area contributed by atoms with Crippen LogP contribution < -0.4 is 32.3 Å². The molecule has 4 aromatic carbocycles. The first-order valence-corrected chi connectivity index (χ1v) is 22.7. The number of aliphatic hydroxyl groups excluding tert-OH is 2. The minimum absolute atomic E-state index is 0. The summed E-state index contributed by atoms with van der Waals surface area (Å²) >= 11 is 0. The Morgan fingerprint density at radius 1 is 0.557 bits per heavy atom. The van der Waals surface area contributed by atoms with E-state index in [1.165, 1.54) is 0 Å². The van der Waals surface area contributed by atoms with E-state index < -0.39 is 96.7 Å². The van der Waals surface area contributed by atoms with Gasteiger partial charge in [-0.3, -0.25) is 19.2 Å². The quantitative estimate of drug-likeness (QED) is 0.0379. The lowest BCUT2D eigenvalue weighted by molar-refractivity contribution is -0.149. The number of nitrogens with two attached hydrogens (primary N) is 1. The summed E-state index contributed by atoms with van der Waals surface area (Å²) < 4.78 is 16.0. The van der Waals surface area contributed by atoms with E-state index in [1.54, 1.807) is 81.4 Å². The fourth-order valence-corrected chi connectivity index (χ4v) is 6.39. The molecule has 70 heavy (non-hydrogen) atoms. The van der Waals surface area contributed by atoms with Gasteiger partial charge in [-0.05, 0) is 55.9 Å². The van der Waals surface area contributed by atoms with Crippen molar-refractivity contribution in [3.63, 3.8) is 0 Å². The van der Waals surface area contributed by atoms with Crippen molar-refractivity contribution in [3.05, 3.63) is 144 Å². The van der Waals surface area contributed by atoms with Gasteiger partial charge in [-0.25, -0.2) is 14.4 Å². The molecule has 5 amide bonds. The molecular formula is C51H67ClN6O12. The summed E-state index contributed by atoms with van der Waals surface area (Å²) in [5, 5.41) is 32.8. The SMILES string of the molecule is CCCC(N)C(O)C(=O)NCC(=O)N[C@H](C(=O)OCc1ccccc1)c1ccccc1.CCCC(NC(=O)OC(C)(C)C)C(O)C(=O)NCC(=O)N[C@H](C(=O)OCc1ccccc1)c1ccccc1.Cl. The second kappa shape index (κ2) is 31.3. The molecule has 0 saturated heterocycles. The third kappa shape index (κ3) is 22.1. The van der Waals surface area contributed by atoms with E-state index in [0.29, 0.717) is 30.4 Å². The third-order valence-corrected chi connectivity index (χ3v) is 9.89. The van der Waals surface area contributed by atoms with Crippen LogP contribution in [-0.4, -0.2) is 94.9 Å². The molecule has 0 radical (unpaired) electrons. The highest BCUT2D eigenvalue weighted by Gasteiger charge is 2.31. The van der Waals surface area contributed by atoms with Crippen LogP contribution in [-0.2, 0) is 56.2 Å². The predicted octanol–water partition coefficient (Wildman–Crippen LogP) is 4.37. The summed E-state index contributed by atoms with van der Waals surface area (Å²) in [6.45, 7) is 8.00. The molecule has 0 aliphatic rings. The average molecular weight is 992 g/mol. The molecule has 4 unspecified atom stereocenters. The van der Waals surface area contributed by atoms with Crippen LogP contribution in [0.2, 0.25) is 0 Å². The van der Waals surface area contributed by atoms with E-state index in [-0.39, 0.29) is 25.6 Å². The third-order valence-electron chi connectivity index (χ3n) is 9.89. The van der Waals surface area contributed by atoms with Gasteiger partial charge >= 0.3 is 18.0 Å². The lowest BCUT2D eigenvalue weighted by Gasteiger charge is -2.26. The number of alkyl carbamates (subject to hydrolysis) is 1. The van der Waals surface area contributed by atoms with Crippen molar-refractivity contribution in [2.45, 2.75) is 115 Å². The van der Waals surface area contributed by atoms with Gasteiger partial charge in [0.05, 0.1) is 19.1 Å². The Labute approximate surface area is 415 Å². The zero-order valence-corrected chi connectivity index (χ0v) is 40.9. The number of halogens is 1. The molecule has 19 heteroatoms. The van der Waals surface area contributed by atoms with Gasteiger partial charge < -0.3 is 56.7 Å². The van der Waals surface area contributed by atoms with Crippen LogP contribution in [0, 0.1) is 0 Å². The number of benzene rings is 4. The normalized spacial score (nSPS) is 13.3. The topological polar surface area (TPSA) is 274 Å². The van der Waals surface area contributed by atoms with Crippen LogP contribution in [0.5, 0.6) is 0 Å². The molecular weight excluding hydrogens is 924 g/mol. The Morgan fingerprint density at radius 3 is 1.30 bits per heavy atom. The van der Waals surface area contributed by atoms with Gasteiger partial charge in [-0.1, -0.05) is 148 Å². The zero-order chi connectivity index (χ0) is 50.8. The molecule has 0 aliphatic heterocycles. The van der Waals surface area contributed by atoms with Crippen molar-refractivity contribution < 1.29 is 58.0 Å². The molecule has 380 valence electrons. The van der Waals surface area contributed by atoms with Crippen molar-refractivity contribution >= 4 is 54.1 Å². The number of hydrogen-bond donors (Lipinski definition) is 8. The molecule has 0 fully saturated rings. The molecule has 0 aliphatic carbocycles. The molecule has 4 rings (SSSR count). The summed E-state index contributed by atoms with van der Waals surface area (Å²) in [6, 6.07) is 31.8. The van der Waals surface area contributed by atoms with Crippen LogP contribution in [0.4, 0.5) is 4.79 Å². The molecule has 0 spiro atoms. The standard InChI is InChI=1S/C28H37N3O7.C23H29N3O5.ClH/c1-5-12-21(30-27(36)38-28(2,3)4)24(33)25(34)29-17-22(32)31-23(20-15-10-7-11-16-20)26(35)37-18-19-13-8-6-9-14-19;1-2-9-18(24)21(28)22(29)25-14-19(27)26-20(17-12-7-4-8-13-17)23(30)31-15-16-10-5-3-6-11-16;/h6-11,13-16,21,23-24,33H,5,12,17-18H2,1-4H3,(H,29,34)(H,30,36)(H,31,32);3-8,10-13,18,20-21,28H,2,9,14-15,24H2,1H3,(H,25,29)(H,26,27);1H/t21?,23-,24?;18?,20-,21?;/m00./s1. The summed E-state index contributed by atoms with van der Waals surface area (Å²) in [5.74, 6) is -4.14. The maximum Gasteiger partial charge on any atom is 0.407 e. The Bertz CT molecular complexity index is 2220. The van der Waals surface area contributed by atoms with E-state index in [1.807, 2.05) is 74.5 Å². The van der Waals surface area contributed by atoms with Crippen molar-refractivity contribution in [2.24, 2.45) is 5.73 Å². The first kappa shape index (κ1) is 59.3. The number of amides is 5. The molecule has 6 atom stereocenters. The number of hydrogen-bond acceptors (Lipinski definition) is 13. The van der Waals surface area contributed by atoms with E-state index in [4.69, 9.17) is 19.9 Å². The highest BCUT2D eigenvalue weighted by molar-refractivity contribution is 5.91. The van der Waals surface area contributed by atoms with E-state index in [9.17, 15) is 43.8 Å². The summed E-state index contributed by atoms with van der Waals surface area (Å²) in [5.41, 5.74) is 7.66. The van der Waals surface area contributed by atoms with E-state index in [0.717, 1.165) is 17.5 Å². The zero-order valence-electron chi connectivity index (χ0n) is 40.1. The van der Waals surface area contributed by atoms with E-state index >= 15 is 0 Å². The van der Waals surface area contributed by atoms with E-state index in [2.05, 4.69) is 26.6 Å². The molecule has 0 saturated carbocycles. The fraction of sp³-hybridized carbons (Fsp3) is 0.392. The predicted molar refractivity (Wildman–Crippen MR) is 263 cm³/mol.